The van der Waals surface area contributed by atoms with E-state index in [-0.39, 0.29) is 0 Å². The van der Waals surface area contributed by atoms with E-state index in [0.717, 1.165) is 19.8 Å². The van der Waals surface area contributed by atoms with E-state index in [4.69, 9.17) is 9.47 Å². The number of aromatic nitrogens is 2. The van der Waals surface area contributed by atoms with Gasteiger partial charge in [-0.05, 0) is 68.7 Å². The lowest BCUT2D eigenvalue weighted by Crippen LogP contribution is -2.44. The Hall–Kier alpha value is -1.47. The van der Waals surface area contributed by atoms with Gasteiger partial charge in [0.05, 0.1) is 12.7 Å². The van der Waals surface area contributed by atoms with Crippen molar-refractivity contribution in [1.29, 1.82) is 0 Å². The molecule has 0 amide bonds. The smallest absolute Gasteiger partial charge is 0.139 e. The average molecular weight is 470 g/mol. The fourth-order valence-corrected chi connectivity index (χ4v) is 6.06. The van der Waals surface area contributed by atoms with Gasteiger partial charge in [-0.25, -0.2) is 4.68 Å². The van der Waals surface area contributed by atoms with Gasteiger partial charge in [0, 0.05) is 38.5 Å². The van der Waals surface area contributed by atoms with E-state index in [9.17, 15) is 0 Å². The minimum absolute atomic E-state index is 0.350. The van der Waals surface area contributed by atoms with Gasteiger partial charge in [-0.3, -0.25) is 0 Å². The SMILES string of the molecule is C[Si](C)(C)CCOCn1nccc1C1CCCNC1COC1CCC(c2ccccc2)CC1. The van der Waals surface area contributed by atoms with Gasteiger partial charge < -0.3 is 14.8 Å². The first-order valence-corrected chi connectivity index (χ1v) is 16.7. The molecule has 2 aromatic rings. The molecule has 1 aliphatic heterocycles. The van der Waals surface area contributed by atoms with Crippen molar-refractivity contribution < 1.29 is 9.47 Å². The van der Waals surface area contributed by atoms with E-state index in [1.54, 1.807) is 0 Å². The molecule has 0 bridgehead atoms. The van der Waals surface area contributed by atoms with Gasteiger partial charge in [0.2, 0.25) is 0 Å². The number of piperidine rings is 1. The molecule has 1 N–H and O–H groups in total. The van der Waals surface area contributed by atoms with Crippen LogP contribution in [0, 0.1) is 0 Å². The molecule has 5 nitrogen and oxygen atoms in total. The second-order valence-electron chi connectivity index (χ2n) is 11.1. The zero-order valence-electron chi connectivity index (χ0n) is 20.8. The van der Waals surface area contributed by atoms with Gasteiger partial charge in [0.15, 0.2) is 0 Å². The summed E-state index contributed by atoms with van der Waals surface area (Å²) in [5, 5.41) is 8.33. The molecule has 1 aliphatic carbocycles. The van der Waals surface area contributed by atoms with E-state index >= 15 is 0 Å². The molecule has 182 valence electrons. The molecule has 2 atom stereocenters. The molecule has 2 unspecified atom stereocenters. The maximum absolute atomic E-state index is 6.49. The van der Waals surface area contributed by atoms with Crippen LogP contribution >= 0.6 is 0 Å². The summed E-state index contributed by atoms with van der Waals surface area (Å²) in [6, 6.07) is 14.7. The van der Waals surface area contributed by atoms with Crippen molar-refractivity contribution in [3.63, 3.8) is 0 Å². The molecule has 33 heavy (non-hydrogen) atoms. The van der Waals surface area contributed by atoms with Gasteiger partial charge in [-0.2, -0.15) is 5.10 Å². The number of nitrogens with one attached hydrogen (secondary N) is 1. The summed E-state index contributed by atoms with van der Waals surface area (Å²) in [4.78, 5) is 0. The van der Waals surface area contributed by atoms with E-state index in [1.165, 1.54) is 55.8 Å². The predicted octanol–water partition coefficient (Wildman–Crippen LogP) is 5.77. The molecule has 2 aliphatic rings. The van der Waals surface area contributed by atoms with E-state index in [1.807, 2.05) is 6.20 Å². The van der Waals surface area contributed by atoms with Crippen molar-refractivity contribution in [3.05, 3.63) is 53.9 Å². The van der Waals surface area contributed by atoms with Crippen LogP contribution in [0.3, 0.4) is 0 Å². The molecule has 0 radical (unpaired) electrons. The van der Waals surface area contributed by atoms with Crippen LogP contribution < -0.4 is 5.32 Å². The summed E-state index contributed by atoms with van der Waals surface area (Å²) < 4.78 is 14.6. The lowest BCUT2D eigenvalue weighted by molar-refractivity contribution is 0.00439. The van der Waals surface area contributed by atoms with Crippen molar-refractivity contribution >= 4 is 8.07 Å². The van der Waals surface area contributed by atoms with Crippen molar-refractivity contribution in [2.45, 2.75) is 94.9 Å². The van der Waals surface area contributed by atoms with Gasteiger partial charge >= 0.3 is 0 Å². The van der Waals surface area contributed by atoms with Crippen LogP contribution in [0.1, 0.15) is 61.6 Å². The summed E-state index contributed by atoms with van der Waals surface area (Å²) in [5.41, 5.74) is 2.78. The normalized spacial score (nSPS) is 26.4. The number of hydrogen-bond donors (Lipinski definition) is 1. The highest BCUT2D eigenvalue weighted by atomic mass is 28.3. The second-order valence-corrected chi connectivity index (χ2v) is 16.8. The number of ether oxygens (including phenoxy) is 2. The molecule has 4 rings (SSSR count). The second kappa shape index (κ2) is 11.8. The molecular weight excluding hydrogens is 426 g/mol. The van der Waals surface area contributed by atoms with Crippen LogP contribution in [0.2, 0.25) is 25.7 Å². The molecule has 2 heterocycles. The third-order valence-electron chi connectivity index (χ3n) is 7.38. The van der Waals surface area contributed by atoms with E-state index in [2.05, 4.69) is 71.1 Å². The summed E-state index contributed by atoms with van der Waals surface area (Å²) in [6.07, 6.45) is 9.50. The van der Waals surface area contributed by atoms with Crippen LogP contribution in [0.5, 0.6) is 0 Å². The Morgan fingerprint density at radius 1 is 1.03 bits per heavy atom. The average Bonchev–Trinajstić information content (AvgIpc) is 3.29. The fraction of sp³-hybridized carbons (Fsp3) is 0.667. The third kappa shape index (κ3) is 7.25. The Kier molecular flexibility index (Phi) is 8.80. The fourth-order valence-electron chi connectivity index (χ4n) is 5.30. The third-order valence-corrected chi connectivity index (χ3v) is 9.08. The molecule has 1 saturated carbocycles. The number of benzene rings is 1. The summed E-state index contributed by atoms with van der Waals surface area (Å²) in [5.74, 6) is 1.13. The Labute approximate surface area is 201 Å². The van der Waals surface area contributed by atoms with Gasteiger partial charge in [0.25, 0.3) is 0 Å². The van der Waals surface area contributed by atoms with Crippen molar-refractivity contribution in [1.82, 2.24) is 15.1 Å². The first-order chi connectivity index (χ1) is 16.0. The number of rotatable bonds is 10. The summed E-state index contributed by atoms with van der Waals surface area (Å²) >= 11 is 0. The highest BCUT2D eigenvalue weighted by Crippen LogP contribution is 2.35. The van der Waals surface area contributed by atoms with Crippen LogP contribution in [0.15, 0.2) is 42.6 Å². The quantitative estimate of drug-likeness (QED) is 0.354. The van der Waals surface area contributed by atoms with Gasteiger partial charge in [0.1, 0.15) is 6.73 Å². The molecule has 1 saturated heterocycles. The number of nitrogens with zero attached hydrogens (tertiary/aromatic N) is 2. The minimum Gasteiger partial charge on any atom is -0.377 e. The monoisotopic (exact) mass is 469 g/mol. The van der Waals surface area contributed by atoms with Crippen LogP contribution in [0.4, 0.5) is 0 Å². The van der Waals surface area contributed by atoms with Gasteiger partial charge in [-0.15, -0.1) is 0 Å². The lowest BCUT2D eigenvalue weighted by Gasteiger charge is -2.35. The highest BCUT2D eigenvalue weighted by Gasteiger charge is 2.31. The molecule has 2 fully saturated rings. The van der Waals surface area contributed by atoms with Gasteiger partial charge in [-0.1, -0.05) is 50.0 Å². The first-order valence-electron chi connectivity index (χ1n) is 13.0. The molecule has 1 aromatic heterocycles. The Bertz CT molecular complexity index is 827. The van der Waals surface area contributed by atoms with Crippen molar-refractivity contribution in [3.8, 4) is 0 Å². The van der Waals surface area contributed by atoms with E-state index in [0.29, 0.717) is 30.7 Å². The lowest BCUT2D eigenvalue weighted by atomic mass is 9.82. The summed E-state index contributed by atoms with van der Waals surface area (Å²) in [6.45, 7) is 10.4. The first kappa shape index (κ1) is 24.6. The maximum atomic E-state index is 6.49. The molecule has 6 heteroatoms. The Balaban J connectivity index is 1.27. The van der Waals surface area contributed by atoms with Crippen LogP contribution in [-0.2, 0) is 16.2 Å². The topological polar surface area (TPSA) is 48.3 Å². The van der Waals surface area contributed by atoms with Crippen molar-refractivity contribution in [2.75, 3.05) is 19.8 Å². The minimum atomic E-state index is -1.07. The van der Waals surface area contributed by atoms with Crippen LogP contribution in [0.25, 0.3) is 0 Å². The molecule has 1 aromatic carbocycles. The summed E-state index contributed by atoms with van der Waals surface area (Å²) in [7, 11) is -1.07. The highest BCUT2D eigenvalue weighted by molar-refractivity contribution is 6.76. The largest absolute Gasteiger partial charge is 0.377 e. The Morgan fingerprint density at radius 2 is 1.82 bits per heavy atom. The number of hydrogen-bond acceptors (Lipinski definition) is 4. The predicted molar refractivity (Wildman–Crippen MR) is 137 cm³/mol. The zero-order chi connectivity index (χ0) is 23.1. The van der Waals surface area contributed by atoms with E-state index < -0.39 is 8.07 Å². The molecule has 0 spiro atoms. The maximum Gasteiger partial charge on any atom is 0.139 e. The Morgan fingerprint density at radius 3 is 2.58 bits per heavy atom. The zero-order valence-corrected chi connectivity index (χ0v) is 21.8. The van der Waals surface area contributed by atoms with Crippen LogP contribution in [-0.4, -0.2) is 49.8 Å². The molecular formula is C27H43N3O2Si. The standard InChI is InChI=1S/C27H43N3O2Si/c1-33(2,3)19-18-31-21-30-27(15-17-29-30)25-10-7-16-28-26(25)20-32-24-13-11-23(12-14-24)22-8-5-4-6-9-22/h4-6,8-9,15,17,23-26,28H,7,10-14,16,18-21H2,1-3H3. The van der Waals surface area contributed by atoms with Crippen molar-refractivity contribution in [2.24, 2.45) is 0 Å².